The summed E-state index contributed by atoms with van der Waals surface area (Å²) in [6, 6.07) is 5.18. The average molecular weight is 287 g/mol. The van der Waals surface area contributed by atoms with Crippen molar-refractivity contribution in [1.29, 1.82) is 0 Å². The van der Waals surface area contributed by atoms with Crippen molar-refractivity contribution in [2.24, 2.45) is 5.84 Å². The summed E-state index contributed by atoms with van der Waals surface area (Å²) >= 11 is 12.0. The van der Waals surface area contributed by atoms with Crippen molar-refractivity contribution in [2.45, 2.75) is 13.0 Å². The quantitative estimate of drug-likeness (QED) is 0.593. The third kappa shape index (κ3) is 2.69. The van der Waals surface area contributed by atoms with E-state index in [0.29, 0.717) is 21.7 Å². The number of nitrogen functional groups attached to an aromatic ring is 1. The van der Waals surface area contributed by atoms with Gasteiger partial charge in [0.25, 0.3) is 0 Å². The number of furan rings is 1. The van der Waals surface area contributed by atoms with E-state index in [-0.39, 0.29) is 6.04 Å². The zero-order valence-corrected chi connectivity index (χ0v) is 11.1. The fraction of sp³-hybridized carbons (Fsp3) is 0.182. The molecule has 2 rings (SSSR count). The summed E-state index contributed by atoms with van der Waals surface area (Å²) in [7, 11) is 0. The van der Waals surface area contributed by atoms with E-state index in [1.54, 1.807) is 12.3 Å². The highest BCUT2D eigenvalue weighted by Crippen LogP contribution is 2.30. The number of pyridine rings is 1. The number of hydrazine groups is 1. The van der Waals surface area contributed by atoms with E-state index in [2.05, 4.69) is 15.7 Å². The van der Waals surface area contributed by atoms with E-state index >= 15 is 0 Å². The second kappa shape index (κ2) is 5.48. The third-order valence-electron chi connectivity index (χ3n) is 2.39. The Balaban J connectivity index is 2.23. The van der Waals surface area contributed by atoms with Gasteiger partial charge >= 0.3 is 0 Å². The largest absolute Gasteiger partial charge is 0.467 e. The minimum absolute atomic E-state index is 0.0724. The molecule has 5 nitrogen and oxygen atoms in total. The maximum absolute atomic E-state index is 6.06. The first-order valence-electron chi connectivity index (χ1n) is 5.24. The molecule has 0 aliphatic heterocycles. The molecule has 0 saturated carbocycles. The van der Waals surface area contributed by atoms with Gasteiger partial charge in [-0.25, -0.2) is 10.8 Å². The Bertz CT molecular complexity index is 530. The third-order valence-corrected chi connectivity index (χ3v) is 2.97. The predicted molar refractivity (Wildman–Crippen MR) is 72.8 cm³/mol. The van der Waals surface area contributed by atoms with E-state index in [0.717, 1.165) is 5.76 Å². The van der Waals surface area contributed by atoms with Gasteiger partial charge in [-0.1, -0.05) is 23.2 Å². The molecule has 0 spiro atoms. The van der Waals surface area contributed by atoms with Gasteiger partial charge in [0.2, 0.25) is 0 Å². The predicted octanol–water partition coefficient (Wildman–Crippen LogP) is 3.44. The van der Waals surface area contributed by atoms with Gasteiger partial charge in [0.15, 0.2) is 5.82 Å². The number of hydrogen-bond donors (Lipinski definition) is 3. The van der Waals surface area contributed by atoms with Crippen molar-refractivity contribution in [3.8, 4) is 0 Å². The minimum atomic E-state index is -0.0724. The van der Waals surface area contributed by atoms with Crippen LogP contribution in [0.15, 0.2) is 28.9 Å². The lowest BCUT2D eigenvalue weighted by Crippen LogP contribution is -2.12. The first kappa shape index (κ1) is 13.0. The van der Waals surface area contributed by atoms with Crippen molar-refractivity contribution in [3.63, 3.8) is 0 Å². The van der Waals surface area contributed by atoms with Crippen LogP contribution in [0.3, 0.4) is 0 Å². The molecule has 7 heteroatoms. The van der Waals surface area contributed by atoms with Gasteiger partial charge < -0.3 is 15.2 Å². The molecule has 0 saturated heterocycles. The first-order chi connectivity index (χ1) is 8.61. The molecule has 96 valence electrons. The van der Waals surface area contributed by atoms with Crippen molar-refractivity contribution in [2.75, 3.05) is 10.7 Å². The first-order valence-corrected chi connectivity index (χ1v) is 6.00. The van der Waals surface area contributed by atoms with Crippen LogP contribution in [0.1, 0.15) is 18.7 Å². The highest BCUT2D eigenvalue weighted by Gasteiger charge is 2.13. The van der Waals surface area contributed by atoms with Crippen molar-refractivity contribution < 1.29 is 4.42 Å². The smallest absolute Gasteiger partial charge is 0.161 e. The SMILES string of the molecule is CC(Nc1nc(NN)c(Cl)cc1Cl)c1ccco1. The molecule has 0 fully saturated rings. The van der Waals surface area contributed by atoms with Gasteiger partial charge in [-0.15, -0.1) is 0 Å². The van der Waals surface area contributed by atoms with Gasteiger partial charge in [-0.3, -0.25) is 0 Å². The molecule has 0 amide bonds. The van der Waals surface area contributed by atoms with E-state index in [1.807, 2.05) is 19.1 Å². The normalized spacial score (nSPS) is 12.2. The summed E-state index contributed by atoms with van der Waals surface area (Å²) in [6.45, 7) is 1.93. The molecule has 0 bridgehead atoms. The number of rotatable bonds is 4. The summed E-state index contributed by atoms with van der Waals surface area (Å²) in [5.41, 5.74) is 2.41. The van der Waals surface area contributed by atoms with Gasteiger partial charge in [-0.2, -0.15) is 0 Å². The van der Waals surface area contributed by atoms with Gasteiger partial charge in [-0.05, 0) is 25.1 Å². The molecule has 2 aromatic heterocycles. The zero-order chi connectivity index (χ0) is 13.1. The van der Waals surface area contributed by atoms with Crippen LogP contribution in [0.25, 0.3) is 0 Å². The number of hydrogen-bond acceptors (Lipinski definition) is 5. The summed E-state index contributed by atoms with van der Waals surface area (Å²) in [5, 5.41) is 3.90. The Morgan fingerprint density at radius 2 is 2.06 bits per heavy atom. The van der Waals surface area contributed by atoms with Crippen molar-refractivity contribution in [1.82, 2.24) is 4.98 Å². The van der Waals surface area contributed by atoms with Gasteiger partial charge in [0.05, 0.1) is 22.4 Å². The Kier molecular flexibility index (Phi) is 3.96. The Hall–Kier alpha value is -1.43. The summed E-state index contributed by atoms with van der Waals surface area (Å²) in [5.74, 6) is 6.93. The van der Waals surface area contributed by atoms with Crippen molar-refractivity contribution >= 4 is 34.8 Å². The number of nitrogens with zero attached hydrogens (tertiary/aromatic N) is 1. The highest BCUT2D eigenvalue weighted by molar-refractivity contribution is 6.37. The molecule has 0 aromatic carbocycles. The maximum Gasteiger partial charge on any atom is 0.161 e. The molecular formula is C11H12Cl2N4O. The van der Waals surface area contributed by atoms with Gasteiger partial charge in [0, 0.05) is 0 Å². The molecule has 18 heavy (non-hydrogen) atoms. The second-order valence-corrected chi connectivity index (χ2v) is 4.49. The van der Waals surface area contributed by atoms with Crippen LogP contribution in [-0.4, -0.2) is 4.98 Å². The number of nitrogens with two attached hydrogens (primary N) is 1. The van der Waals surface area contributed by atoms with Crippen molar-refractivity contribution in [3.05, 3.63) is 40.3 Å². The molecule has 0 radical (unpaired) electrons. The molecule has 2 heterocycles. The summed E-state index contributed by atoms with van der Waals surface area (Å²) in [4.78, 5) is 4.19. The lowest BCUT2D eigenvalue weighted by Gasteiger charge is -2.14. The Morgan fingerprint density at radius 3 is 2.67 bits per heavy atom. The van der Waals surface area contributed by atoms with Crippen LogP contribution in [0.5, 0.6) is 0 Å². The second-order valence-electron chi connectivity index (χ2n) is 3.68. The molecular weight excluding hydrogens is 275 g/mol. The molecule has 1 unspecified atom stereocenters. The van der Waals surface area contributed by atoms with Crippen LogP contribution in [0.4, 0.5) is 11.6 Å². The zero-order valence-electron chi connectivity index (χ0n) is 9.58. The highest BCUT2D eigenvalue weighted by atomic mass is 35.5. The fourth-order valence-electron chi connectivity index (χ4n) is 1.48. The van der Waals surface area contributed by atoms with Crippen LogP contribution < -0.4 is 16.6 Å². The van der Waals surface area contributed by atoms with E-state index in [1.165, 1.54) is 0 Å². The summed E-state index contributed by atoms with van der Waals surface area (Å²) in [6.07, 6.45) is 1.61. The minimum Gasteiger partial charge on any atom is -0.467 e. The van der Waals surface area contributed by atoms with Gasteiger partial charge in [0.1, 0.15) is 11.6 Å². The molecule has 0 aliphatic rings. The monoisotopic (exact) mass is 286 g/mol. The van der Waals surface area contributed by atoms with E-state index in [4.69, 9.17) is 33.5 Å². The summed E-state index contributed by atoms with van der Waals surface area (Å²) < 4.78 is 5.29. The lowest BCUT2D eigenvalue weighted by atomic mass is 10.2. The standard InChI is InChI=1S/C11H12Cl2N4O/c1-6(9-3-2-4-18-9)15-10-7(12)5-8(13)11(16-10)17-14/h2-6H,14H2,1H3,(H2,15,16,17). The number of aromatic nitrogens is 1. The van der Waals surface area contributed by atoms with Crippen LogP contribution in [0.2, 0.25) is 10.0 Å². The number of halogens is 2. The average Bonchev–Trinajstić information content (AvgIpc) is 2.86. The topological polar surface area (TPSA) is 76.1 Å². The number of anilines is 2. The van der Waals surface area contributed by atoms with E-state index in [9.17, 15) is 0 Å². The molecule has 4 N–H and O–H groups in total. The van der Waals surface area contributed by atoms with Crippen LogP contribution >= 0.6 is 23.2 Å². The number of nitrogens with one attached hydrogen (secondary N) is 2. The fourth-order valence-corrected chi connectivity index (χ4v) is 1.95. The van der Waals surface area contributed by atoms with Crippen LogP contribution in [0, 0.1) is 0 Å². The molecule has 1 atom stereocenters. The maximum atomic E-state index is 6.06. The van der Waals surface area contributed by atoms with Crippen LogP contribution in [-0.2, 0) is 0 Å². The molecule has 2 aromatic rings. The lowest BCUT2D eigenvalue weighted by molar-refractivity contribution is 0.490. The Labute approximate surface area is 114 Å². The van der Waals surface area contributed by atoms with E-state index < -0.39 is 0 Å². The molecule has 0 aliphatic carbocycles. The Morgan fingerprint density at radius 1 is 1.33 bits per heavy atom.